The Kier molecular flexibility index (Phi) is 7.00. The summed E-state index contributed by atoms with van der Waals surface area (Å²) < 4.78 is 5.50. The van der Waals surface area contributed by atoms with E-state index in [1.54, 1.807) is 7.11 Å². The summed E-state index contributed by atoms with van der Waals surface area (Å²) in [4.78, 5) is 8.99. The van der Waals surface area contributed by atoms with Crippen LogP contribution in [0, 0.1) is 0 Å². The fourth-order valence-corrected chi connectivity index (χ4v) is 3.53. The van der Waals surface area contributed by atoms with Crippen LogP contribution in [0.1, 0.15) is 6.42 Å². The Labute approximate surface area is 168 Å². The molecular formula is C22H31N5O. The minimum Gasteiger partial charge on any atom is -0.495 e. The fourth-order valence-electron chi connectivity index (χ4n) is 3.53. The largest absolute Gasteiger partial charge is 0.495 e. The predicted molar refractivity (Wildman–Crippen MR) is 118 cm³/mol. The average molecular weight is 382 g/mol. The molecule has 6 heteroatoms. The molecule has 0 spiro atoms. The summed E-state index contributed by atoms with van der Waals surface area (Å²) in [5.74, 6) is 1.78. The summed E-state index contributed by atoms with van der Waals surface area (Å²) in [7, 11) is 5.65. The lowest BCUT2D eigenvalue weighted by molar-refractivity contribution is 0.415. The van der Waals surface area contributed by atoms with E-state index in [4.69, 9.17) is 4.74 Å². The highest BCUT2D eigenvalue weighted by Gasteiger charge is 2.25. The number of nitrogens with one attached hydrogen (secondary N) is 2. The monoisotopic (exact) mass is 381 g/mol. The molecule has 28 heavy (non-hydrogen) atoms. The minimum atomic E-state index is 0.364. The molecule has 0 radical (unpaired) electrons. The maximum absolute atomic E-state index is 5.50. The molecule has 1 atom stereocenters. The number of likely N-dealkylation sites (N-methyl/N-ethyl adjacent to an activating group) is 1. The van der Waals surface area contributed by atoms with Gasteiger partial charge in [-0.05, 0) is 30.7 Å². The highest BCUT2D eigenvalue weighted by Crippen LogP contribution is 2.30. The van der Waals surface area contributed by atoms with Gasteiger partial charge in [-0.15, -0.1) is 0 Å². The molecule has 150 valence electrons. The number of hydrogen-bond donors (Lipinski definition) is 2. The third-order valence-corrected chi connectivity index (χ3v) is 5.12. The van der Waals surface area contributed by atoms with Gasteiger partial charge in [0.15, 0.2) is 5.96 Å². The van der Waals surface area contributed by atoms with Gasteiger partial charge in [0.2, 0.25) is 0 Å². The van der Waals surface area contributed by atoms with E-state index in [-0.39, 0.29) is 0 Å². The van der Waals surface area contributed by atoms with Crippen molar-refractivity contribution < 1.29 is 4.74 Å². The number of benzene rings is 2. The van der Waals surface area contributed by atoms with Crippen molar-refractivity contribution in [2.24, 2.45) is 4.99 Å². The van der Waals surface area contributed by atoms with Gasteiger partial charge in [-0.2, -0.15) is 0 Å². The summed E-state index contributed by atoms with van der Waals surface area (Å²) in [5.41, 5.74) is 2.37. The fraction of sp³-hybridized carbons (Fsp3) is 0.409. The lowest BCUT2D eigenvalue weighted by atomic mass is 10.2. The van der Waals surface area contributed by atoms with Crippen LogP contribution in [0.15, 0.2) is 59.6 Å². The molecule has 2 N–H and O–H groups in total. The molecule has 0 aliphatic carbocycles. The Morgan fingerprint density at radius 1 is 1.18 bits per heavy atom. The van der Waals surface area contributed by atoms with E-state index in [0.717, 1.165) is 50.0 Å². The topological polar surface area (TPSA) is 52.1 Å². The van der Waals surface area contributed by atoms with Crippen molar-refractivity contribution >= 4 is 17.3 Å². The molecule has 1 heterocycles. The molecule has 1 unspecified atom stereocenters. The molecule has 6 nitrogen and oxygen atoms in total. The van der Waals surface area contributed by atoms with E-state index in [1.807, 2.05) is 25.2 Å². The SMILES string of the molecule is CN=C(NCCN(C)c1ccccc1)NC1CCN(c2ccccc2OC)C1. The number of aliphatic imine (C=N–C) groups is 1. The first-order chi connectivity index (χ1) is 13.7. The number of guanidine groups is 1. The first kappa shape index (κ1) is 19.9. The molecule has 0 bridgehead atoms. The third-order valence-electron chi connectivity index (χ3n) is 5.12. The van der Waals surface area contributed by atoms with E-state index in [1.165, 1.54) is 5.69 Å². The van der Waals surface area contributed by atoms with Crippen LogP contribution in [0.25, 0.3) is 0 Å². The second-order valence-electron chi connectivity index (χ2n) is 7.00. The molecule has 0 amide bonds. The first-order valence-electron chi connectivity index (χ1n) is 9.82. The van der Waals surface area contributed by atoms with Crippen molar-refractivity contribution in [1.82, 2.24) is 10.6 Å². The molecular weight excluding hydrogens is 350 g/mol. The number of anilines is 2. The van der Waals surface area contributed by atoms with Crippen molar-refractivity contribution in [3.05, 3.63) is 54.6 Å². The number of hydrogen-bond acceptors (Lipinski definition) is 4. The van der Waals surface area contributed by atoms with Crippen molar-refractivity contribution in [2.45, 2.75) is 12.5 Å². The van der Waals surface area contributed by atoms with Gasteiger partial charge in [-0.3, -0.25) is 4.99 Å². The lowest BCUT2D eigenvalue weighted by Gasteiger charge is -2.23. The maximum atomic E-state index is 5.50. The van der Waals surface area contributed by atoms with Gasteiger partial charge in [-0.1, -0.05) is 30.3 Å². The Bertz CT molecular complexity index is 765. The summed E-state index contributed by atoms with van der Waals surface area (Å²) in [6.45, 7) is 3.67. The molecule has 1 fully saturated rings. The zero-order valence-corrected chi connectivity index (χ0v) is 17.1. The summed E-state index contributed by atoms with van der Waals surface area (Å²) in [6.07, 6.45) is 1.07. The lowest BCUT2D eigenvalue weighted by Crippen LogP contribution is -2.46. The van der Waals surface area contributed by atoms with Crippen molar-refractivity contribution in [2.75, 3.05) is 57.2 Å². The predicted octanol–water partition coefficient (Wildman–Crippen LogP) is 2.58. The maximum Gasteiger partial charge on any atom is 0.191 e. The van der Waals surface area contributed by atoms with Crippen LogP contribution in [0.5, 0.6) is 5.75 Å². The van der Waals surface area contributed by atoms with Gasteiger partial charge in [0.1, 0.15) is 5.75 Å². The number of nitrogens with zero attached hydrogens (tertiary/aromatic N) is 3. The quantitative estimate of drug-likeness (QED) is 0.570. The van der Waals surface area contributed by atoms with Crippen LogP contribution in [-0.4, -0.2) is 59.4 Å². The second-order valence-corrected chi connectivity index (χ2v) is 7.00. The Morgan fingerprint density at radius 2 is 1.93 bits per heavy atom. The molecule has 1 aliphatic heterocycles. The third kappa shape index (κ3) is 5.09. The van der Waals surface area contributed by atoms with Crippen LogP contribution in [0.4, 0.5) is 11.4 Å². The van der Waals surface area contributed by atoms with E-state index in [9.17, 15) is 0 Å². The zero-order chi connectivity index (χ0) is 19.8. The molecule has 2 aromatic carbocycles. The summed E-state index contributed by atoms with van der Waals surface area (Å²) in [6, 6.07) is 19.0. The minimum absolute atomic E-state index is 0.364. The van der Waals surface area contributed by atoms with Gasteiger partial charge in [0.25, 0.3) is 0 Å². The average Bonchev–Trinajstić information content (AvgIpc) is 3.21. The summed E-state index contributed by atoms with van der Waals surface area (Å²) >= 11 is 0. The standard InChI is InChI=1S/C22H31N5O/c1-23-22(24-14-16-26(2)19-9-5-4-6-10-19)25-18-13-15-27(17-18)20-11-7-8-12-21(20)28-3/h4-12,18H,13-17H2,1-3H3,(H2,23,24,25). The van der Waals surface area contributed by atoms with Gasteiger partial charge in [0, 0.05) is 52.0 Å². The van der Waals surface area contributed by atoms with E-state index < -0.39 is 0 Å². The highest BCUT2D eigenvalue weighted by atomic mass is 16.5. The van der Waals surface area contributed by atoms with Crippen LogP contribution in [0.2, 0.25) is 0 Å². The van der Waals surface area contributed by atoms with Gasteiger partial charge in [0.05, 0.1) is 12.8 Å². The number of rotatable bonds is 7. The van der Waals surface area contributed by atoms with Gasteiger partial charge in [-0.25, -0.2) is 0 Å². The number of methoxy groups -OCH3 is 1. The van der Waals surface area contributed by atoms with Crippen molar-refractivity contribution in [3.8, 4) is 5.75 Å². The number of para-hydroxylation sites is 3. The second kappa shape index (κ2) is 9.88. The molecule has 1 aliphatic rings. The van der Waals surface area contributed by atoms with Gasteiger partial charge >= 0.3 is 0 Å². The molecule has 1 saturated heterocycles. The first-order valence-corrected chi connectivity index (χ1v) is 9.82. The van der Waals surface area contributed by atoms with Gasteiger partial charge < -0.3 is 25.2 Å². The number of ether oxygens (including phenoxy) is 1. The van der Waals surface area contributed by atoms with E-state index >= 15 is 0 Å². The Balaban J connectivity index is 1.46. The Hall–Kier alpha value is -2.89. The van der Waals surface area contributed by atoms with Crippen molar-refractivity contribution in [1.29, 1.82) is 0 Å². The molecule has 3 rings (SSSR count). The molecule has 0 aromatic heterocycles. The molecule has 2 aromatic rings. The zero-order valence-electron chi connectivity index (χ0n) is 17.1. The highest BCUT2D eigenvalue weighted by molar-refractivity contribution is 5.80. The van der Waals surface area contributed by atoms with Crippen LogP contribution < -0.4 is 25.2 Å². The van der Waals surface area contributed by atoms with E-state index in [2.05, 4.69) is 68.9 Å². The van der Waals surface area contributed by atoms with Crippen molar-refractivity contribution in [3.63, 3.8) is 0 Å². The van der Waals surface area contributed by atoms with Crippen LogP contribution >= 0.6 is 0 Å². The smallest absolute Gasteiger partial charge is 0.191 e. The molecule has 0 saturated carbocycles. The van der Waals surface area contributed by atoms with E-state index in [0.29, 0.717) is 6.04 Å². The summed E-state index contributed by atoms with van der Waals surface area (Å²) in [5, 5.41) is 6.98. The Morgan fingerprint density at radius 3 is 2.68 bits per heavy atom. The normalized spacial score (nSPS) is 16.8. The van der Waals surface area contributed by atoms with Crippen LogP contribution in [0.3, 0.4) is 0 Å². The van der Waals surface area contributed by atoms with Crippen LogP contribution in [-0.2, 0) is 0 Å².